The van der Waals surface area contributed by atoms with Gasteiger partial charge in [-0.25, -0.2) is 4.57 Å². The molecule has 0 spiro atoms. The van der Waals surface area contributed by atoms with Gasteiger partial charge in [-0.1, -0.05) is 6.92 Å². The van der Waals surface area contributed by atoms with Crippen LogP contribution < -0.4 is 0 Å². The lowest BCUT2D eigenvalue weighted by atomic mass is 10.2. The summed E-state index contributed by atoms with van der Waals surface area (Å²) in [7, 11) is -1.10. The molecule has 0 rings (SSSR count). The van der Waals surface area contributed by atoms with Gasteiger partial charge in [-0.2, -0.15) is 0 Å². The van der Waals surface area contributed by atoms with Crippen molar-refractivity contribution in [1.29, 1.82) is 0 Å². The van der Waals surface area contributed by atoms with Crippen molar-refractivity contribution >= 4 is 24.7 Å². The van der Waals surface area contributed by atoms with Crippen molar-refractivity contribution in [3.8, 4) is 0 Å². The van der Waals surface area contributed by atoms with Gasteiger partial charge in [0, 0.05) is 14.2 Å². The zero-order valence-electron chi connectivity index (χ0n) is 7.65. The smallest absolute Gasteiger partial charge is 0.290 e. The van der Waals surface area contributed by atoms with E-state index in [0.29, 0.717) is 0 Å². The monoisotopic (exact) mass is 230 g/mol. The molecule has 0 aromatic rings. The Morgan fingerprint density at radius 1 is 1.46 bits per heavy atom. The third kappa shape index (κ3) is 4.74. The summed E-state index contributed by atoms with van der Waals surface area (Å²) >= 11 is 5.15. The van der Waals surface area contributed by atoms with Crippen LogP contribution in [0.2, 0.25) is 0 Å². The summed E-state index contributed by atoms with van der Waals surface area (Å²) in [5, 5.41) is -0.557. The Labute approximate surface area is 81.9 Å². The Bertz CT molecular complexity index is 211. The zero-order chi connectivity index (χ0) is 10.5. The second-order valence-electron chi connectivity index (χ2n) is 2.31. The summed E-state index contributed by atoms with van der Waals surface area (Å²) in [6.07, 6.45) is 0. The molecule has 5 nitrogen and oxygen atoms in total. The van der Waals surface area contributed by atoms with Crippen LogP contribution in [0.4, 0.5) is 0 Å². The maximum Gasteiger partial charge on any atom is 0.474 e. The molecule has 0 aromatic carbocycles. The third-order valence-corrected chi connectivity index (χ3v) is 3.05. The molecule has 0 saturated heterocycles. The maximum absolute atomic E-state index is 11.3. The molecule has 0 aromatic heterocycles. The van der Waals surface area contributed by atoms with Crippen LogP contribution in [0, 0.1) is 5.92 Å². The lowest BCUT2D eigenvalue weighted by molar-refractivity contribution is -0.115. The molecule has 0 radical (unpaired) electrons. The molecule has 78 valence electrons. The number of phosphoric ester groups is 1. The first-order valence-electron chi connectivity index (χ1n) is 3.50. The van der Waals surface area contributed by atoms with Gasteiger partial charge >= 0.3 is 7.82 Å². The molecule has 0 fully saturated rings. The fraction of sp³-hybridized carbons (Fsp3) is 0.833. The van der Waals surface area contributed by atoms with Crippen molar-refractivity contribution in [3.05, 3.63) is 0 Å². The lowest BCUT2D eigenvalue weighted by Gasteiger charge is -2.14. The van der Waals surface area contributed by atoms with E-state index in [2.05, 4.69) is 9.05 Å². The number of phosphoric acid groups is 1. The molecular formula is C6H12ClO5P. The van der Waals surface area contributed by atoms with E-state index >= 15 is 0 Å². The summed E-state index contributed by atoms with van der Waals surface area (Å²) in [4.78, 5) is 10.6. The number of hydrogen-bond donors (Lipinski definition) is 0. The fourth-order valence-corrected chi connectivity index (χ4v) is 1.28. The van der Waals surface area contributed by atoms with E-state index in [0.717, 1.165) is 0 Å². The highest BCUT2D eigenvalue weighted by atomic mass is 35.5. The molecule has 0 aliphatic heterocycles. The van der Waals surface area contributed by atoms with E-state index in [1.807, 2.05) is 0 Å². The van der Waals surface area contributed by atoms with Crippen molar-refractivity contribution in [2.24, 2.45) is 5.92 Å². The molecule has 1 unspecified atom stereocenters. The van der Waals surface area contributed by atoms with Crippen LogP contribution in [0.5, 0.6) is 0 Å². The van der Waals surface area contributed by atoms with Gasteiger partial charge in [0.05, 0.1) is 12.5 Å². The Kier molecular flexibility index (Phi) is 5.76. The summed E-state index contributed by atoms with van der Waals surface area (Å²) in [5.41, 5.74) is 0. The Morgan fingerprint density at radius 2 is 1.92 bits per heavy atom. The first-order valence-corrected chi connectivity index (χ1v) is 5.34. The van der Waals surface area contributed by atoms with Gasteiger partial charge in [-0.05, 0) is 11.6 Å². The highest BCUT2D eigenvalue weighted by Crippen LogP contribution is 2.47. The van der Waals surface area contributed by atoms with Crippen LogP contribution in [-0.2, 0) is 22.9 Å². The number of halogens is 1. The average molecular weight is 231 g/mol. The van der Waals surface area contributed by atoms with Crippen LogP contribution in [0.15, 0.2) is 0 Å². The minimum Gasteiger partial charge on any atom is -0.290 e. The fourth-order valence-electron chi connectivity index (χ4n) is 0.449. The third-order valence-electron chi connectivity index (χ3n) is 1.32. The molecule has 0 aliphatic carbocycles. The van der Waals surface area contributed by atoms with Gasteiger partial charge in [-0.3, -0.25) is 18.4 Å². The second kappa shape index (κ2) is 5.73. The summed E-state index contributed by atoms with van der Waals surface area (Å²) in [5.74, 6) is -0.541. The molecule has 13 heavy (non-hydrogen) atoms. The largest absolute Gasteiger partial charge is 0.474 e. The number of carbonyl (C=O) groups excluding carboxylic acids is 1. The molecule has 7 heteroatoms. The van der Waals surface area contributed by atoms with Crippen LogP contribution >= 0.6 is 19.4 Å². The molecule has 0 aliphatic rings. The van der Waals surface area contributed by atoms with Crippen molar-refractivity contribution < 1.29 is 22.9 Å². The van der Waals surface area contributed by atoms with Crippen LogP contribution in [-0.4, -0.2) is 26.1 Å². The molecule has 0 amide bonds. The first kappa shape index (κ1) is 13.1. The van der Waals surface area contributed by atoms with Gasteiger partial charge in [-0.15, -0.1) is 0 Å². The number of rotatable bonds is 6. The average Bonchev–Trinajstić information content (AvgIpc) is 2.13. The SMILES string of the molecule is COP(=O)(OC)OCC(C)C(=O)Cl. The van der Waals surface area contributed by atoms with Gasteiger partial charge in [0.25, 0.3) is 0 Å². The highest BCUT2D eigenvalue weighted by molar-refractivity contribution is 7.48. The molecule has 0 bridgehead atoms. The molecule has 0 heterocycles. The minimum atomic E-state index is -3.49. The normalized spacial score (nSPS) is 14.2. The quantitative estimate of drug-likeness (QED) is 0.514. The van der Waals surface area contributed by atoms with E-state index in [1.165, 1.54) is 14.2 Å². The van der Waals surface area contributed by atoms with E-state index in [4.69, 9.17) is 16.1 Å². The molecule has 0 N–H and O–H groups in total. The Balaban J connectivity index is 4.00. The predicted octanol–water partition coefficient (Wildman–Crippen LogP) is 1.81. The van der Waals surface area contributed by atoms with Crippen LogP contribution in [0.3, 0.4) is 0 Å². The van der Waals surface area contributed by atoms with E-state index in [-0.39, 0.29) is 6.61 Å². The Morgan fingerprint density at radius 3 is 2.23 bits per heavy atom. The summed E-state index contributed by atoms with van der Waals surface area (Å²) in [6.45, 7) is 1.45. The number of carbonyl (C=O) groups is 1. The topological polar surface area (TPSA) is 61.8 Å². The zero-order valence-corrected chi connectivity index (χ0v) is 9.30. The van der Waals surface area contributed by atoms with E-state index < -0.39 is 19.0 Å². The van der Waals surface area contributed by atoms with Gasteiger partial charge < -0.3 is 0 Å². The number of hydrogen-bond acceptors (Lipinski definition) is 5. The summed E-state index contributed by atoms with van der Waals surface area (Å²) in [6, 6.07) is 0. The van der Waals surface area contributed by atoms with Crippen molar-refractivity contribution in [3.63, 3.8) is 0 Å². The molecule has 0 saturated carbocycles. The van der Waals surface area contributed by atoms with Gasteiger partial charge in [0.15, 0.2) is 0 Å². The standard InChI is InChI=1S/C6H12ClO5P/c1-5(6(7)8)4-12-13(9,10-2)11-3/h5H,4H2,1-3H3. The Hall–Kier alpha value is 0.0700. The first-order chi connectivity index (χ1) is 5.95. The van der Waals surface area contributed by atoms with Crippen molar-refractivity contribution in [1.82, 2.24) is 0 Å². The maximum atomic E-state index is 11.3. The highest BCUT2D eigenvalue weighted by Gasteiger charge is 2.24. The molecule has 1 atom stereocenters. The summed E-state index contributed by atoms with van der Waals surface area (Å²) < 4.78 is 25.0. The van der Waals surface area contributed by atoms with Gasteiger partial charge in [0.1, 0.15) is 0 Å². The van der Waals surface area contributed by atoms with Crippen LogP contribution in [0.1, 0.15) is 6.92 Å². The lowest BCUT2D eigenvalue weighted by Crippen LogP contribution is -2.11. The van der Waals surface area contributed by atoms with Crippen LogP contribution in [0.25, 0.3) is 0 Å². The molecular weight excluding hydrogens is 218 g/mol. The van der Waals surface area contributed by atoms with Crippen molar-refractivity contribution in [2.45, 2.75) is 6.92 Å². The second-order valence-corrected chi connectivity index (χ2v) is 4.57. The minimum absolute atomic E-state index is 0.0959. The van der Waals surface area contributed by atoms with E-state index in [1.54, 1.807) is 6.92 Å². The predicted molar refractivity (Wildman–Crippen MR) is 47.6 cm³/mol. The van der Waals surface area contributed by atoms with Gasteiger partial charge in [0.2, 0.25) is 5.24 Å². The van der Waals surface area contributed by atoms with E-state index in [9.17, 15) is 9.36 Å². The van der Waals surface area contributed by atoms with Crippen molar-refractivity contribution in [2.75, 3.05) is 20.8 Å².